The van der Waals surface area contributed by atoms with E-state index in [1.54, 1.807) is 18.6 Å². The first-order valence-electron chi connectivity index (χ1n) is 12.6. The van der Waals surface area contributed by atoms with Gasteiger partial charge in [-0.1, -0.05) is 41.0 Å². The van der Waals surface area contributed by atoms with Crippen molar-refractivity contribution in [3.05, 3.63) is 35.8 Å². The van der Waals surface area contributed by atoms with Gasteiger partial charge in [0.05, 0.1) is 12.5 Å². The van der Waals surface area contributed by atoms with Gasteiger partial charge < -0.3 is 13.9 Å². The van der Waals surface area contributed by atoms with Gasteiger partial charge in [0.25, 0.3) is 0 Å². The van der Waals surface area contributed by atoms with Gasteiger partial charge in [0, 0.05) is 29.4 Å². The van der Waals surface area contributed by atoms with Gasteiger partial charge in [-0.05, 0) is 66.4 Å². The monoisotopic (exact) mass is 454 g/mol. The van der Waals surface area contributed by atoms with Crippen molar-refractivity contribution >= 4 is 11.9 Å². The number of carbonyl (C=O) groups is 2. The molecule has 1 aliphatic heterocycles. The van der Waals surface area contributed by atoms with Crippen molar-refractivity contribution in [2.24, 2.45) is 33.5 Å². The van der Waals surface area contributed by atoms with Crippen molar-refractivity contribution in [2.75, 3.05) is 0 Å². The zero-order valence-electron chi connectivity index (χ0n) is 20.9. The molecular formula is C28H38O5. The Labute approximate surface area is 197 Å². The van der Waals surface area contributed by atoms with E-state index < -0.39 is 11.5 Å². The van der Waals surface area contributed by atoms with Crippen LogP contribution in [0, 0.1) is 33.5 Å². The maximum absolute atomic E-state index is 12.9. The summed E-state index contributed by atoms with van der Waals surface area (Å²) in [5, 5.41) is 0. The van der Waals surface area contributed by atoms with Crippen molar-refractivity contribution in [2.45, 2.75) is 92.3 Å². The van der Waals surface area contributed by atoms with Crippen LogP contribution >= 0.6 is 0 Å². The summed E-state index contributed by atoms with van der Waals surface area (Å²) in [6.07, 6.45) is 10.8. The first-order chi connectivity index (χ1) is 15.4. The summed E-state index contributed by atoms with van der Waals surface area (Å²) < 4.78 is 17.4. The number of esters is 2. The lowest BCUT2D eigenvalue weighted by molar-refractivity contribution is -0.212. The Balaban J connectivity index is 1.67. The van der Waals surface area contributed by atoms with Gasteiger partial charge in [-0.2, -0.15) is 0 Å². The summed E-state index contributed by atoms with van der Waals surface area (Å²) in [6.45, 7) is 13.3. The van der Waals surface area contributed by atoms with Crippen LogP contribution in [0.4, 0.5) is 0 Å². The highest BCUT2D eigenvalue weighted by atomic mass is 16.6. The highest BCUT2D eigenvalue weighted by Gasteiger charge is 2.68. The van der Waals surface area contributed by atoms with E-state index in [0.717, 1.165) is 30.4 Å². The van der Waals surface area contributed by atoms with Gasteiger partial charge >= 0.3 is 11.9 Å². The van der Waals surface area contributed by atoms with E-state index in [1.807, 2.05) is 6.07 Å². The van der Waals surface area contributed by atoms with Crippen LogP contribution in [0.5, 0.6) is 0 Å². The van der Waals surface area contributed by atoms with Crippen molar-refractivity contribution in [3.8, 4) is 0 Å². The fraction of sp³-hybridized carbons (Fsp3) is 0.714. The highest BCUT2D eigenvalue weighted by molar-refractivity contribution is 5.85. The summed E-state index contributed by atoms with van der Waals surface area (Å²) in [5.41, 5.74) is 1.55. The predicted molar refractivity (Wildman–Crippen MR) is 124 cm³/mol. The molecule has 0 spiro atoms. The van der Waals surface area contributed by atoms with Crippen molar-refractivity contribution in [1.82, 2.24) is 0 Å². The normalized spacial score (nSPS) is 43.9. The minimum absolute atomic E-state index is 0.141. The summed E-state index contributed by atoms with van der Waals surface area (Å²) in [4.78, 5) is 25.3. The summed E-state index contributed by atoms with van der Waals surface area (Å²) in [5.74, 6) is 0.262. The van der Waals surface area contributed by atoms with Gasteiger partial charge in [0.15, 0.2) is 0 Å². The zero-order chi connectivity index (χ0) is 23.8. The Hall–Kier alpha value is -2.04. The maximum Gasteiger partial charge on any atom is 0.331 e. The van der Waals surface area contributed by atoms with E-state index in [-0.39, 0.29) is 34.3 Å². The van der Waals surface area contributed by atoms with Gasteiger partial charge in [-0.25, -0.2) is 4.79 Å². The van der Waals surface area contributed by atoms with E-state index in [2.05, 4.69) is 34.6 Å². The molecule has 3 fully saturated rings. The smallest absolute Gasteiger partial charge is 0.331 e. The largest absolute Gasteiger partial charge is 0.472 e. The molecule has 0 radical (unpaired) electrons. The highest BCUT2D eigenvalue weighted by Crippen LogP contribution is 2.73. The number of carbonyl (C=O) groups excluding carboxylic acids is 2. The van der Waals surface area contributed by atoms with Crippen LogP contribution in [-0.2, 0) is 19.1 Å². The molecule has 3 aliphatic carbocycles. The second-order valence-electron chi connectivity index (χ2n) is 12.5. The summed E-state index contributed by atoms with van der Waals surface area (Å²) in [7, 11) is 0. The van der Waals surface area contributed by atoms with Crippen molar-refractivity contribution in [3.63, 3.8) is 0 Å². The Morgan fingerprint density at radius 1 is 1.09 bits per heavy atom. The lowest BCUT2D eigenvalue weighted by Crippen LogP contribution is -2.65. The Bertz CT molecular complexity index is 990. The number of fused-ring (bicyclic) bond motifs is 5. The summed E-state index contributed by atoms with van der Waals surface area (Å²) >= 11 is 0. The third-order valence-electron chi connectivity index (χ3n) is 10.3. The fourth-order valence-corrected chi connectivity index (χ4v) is 8.95. The van der Waals surface area contributed by atoms with Crippen LogP contribution in [0.1, 0.15) is 91.7 Å². The van der Waals surface area contributed by atoms with E-state index >= 15 is 0 Å². The molecule has 0 bridgehead atoms. The van der Waals surface area contributed by atoms with Gasteiger partial charge in [-0.3, -0.25) is 4.79 Å². The Kier molecular flexibility index (Phi) is 4.98. The van der Waals surface area contributed by atoms with Gasteiger partial charge in [0.1, 0.15) is 12.2 Å². The second-order valence-corrected chi connectivity index (χ2v) is 12.5. The van der Waals surface area contributed by atoms with Crippen LogP contribution in [0.25, 0.3) is 0 Å². The van der Waals surface area contributed by atoms with Crippen LogP contribution in [0.3, 0.4) is 0 Å². The molecule has 5 nitrogen and oxygen atoms in total. The quantitative estimate of drug-likeness (QED) is 0.484. The third kappa shape index (κ3) is 3.10. The molecule has 1 aromatic rings. The molecule has 5 heteroatoms. The number of cyclic esters (lactones) is 1. The predicted octanol–water partition coefficient (Wildman–Crippen LogP) is 6.39. The zero-order valence-corrected chi connectivity index (χ0v) is 20.9. The van der Waals surface area contributed by atoms with E-state index in [4.69, 9.17) is 13.9 Å². The van der Waals surface area contributed by atoms with Crippen LogP contribution in [-0.4, -0.2) is 18.0 Å². The Morgan fingerprint density at radius 2 is 1.85 bits per heavy atom. The molecule has 5 rings (SSSR count). The SMILES string of the molecule is CC(=O)O[C@H]1C[C@@H]2C(C)(C)CCC[C@]2(C)[C@H]2CC[C@]3(C)C(=CC(=O)O[C@@H]3c3ccoc3)[C@@]12C. The van der Waals surface area contributed by atoms with Crippen molar-refractivity contribution in [1.29, 1.82) is 0 Å². The number of ether oxygens (including phenoxy) is 2. The van der Waals surface area contributed by atoms with Gasteiger partial charge in [-0.15, -0.1) is 0 Å². The maximum atomic E-state index is 12.9. The molecule has 1 aromatic heterocycles. The minimum atomic E-state index is -0.418. The first-order valence-corrected chi connectivity index (χ1v) is 12.6. The molecular weight excluding hydrogens is 416 g/mol. The van der Waals surface area contributed by atoms with E-state index in [1.165, 1.54) is 26.2 Å². The average molecular weight is 455 g/mol. The standard InChI is InChI=1S/C28H38O5/c1-17(29)32-22-14-20-25(2,3)10-7-11-26(20,4)19-8-12-27(5)21(28(19,22)6)15-23(30)33-24(27)18-9-13-31-16-18/h9,13,15-16,19-20,22,24H,7-8,10-12,14H2,1-6H3/t19-,20-,22+,24-,26-,27-,28+/m1/s1. The van der Waals surface area contributed by atoms with Crippen LogP contribution in [0.15, 0.2) is 34.7 Å². The molecule has 0 amide bonds. The number of hydrogen-bond acceptors (Lipinski definition) is 5. The van der Waals surface area contributed by atoms with Crippen LogP contribution in [0.2, 0.25) is 0 Å². The second kappa shape index (κ2) is 7.23. The Morgan fingerprint density at radius 3 is 2.52 bits per heavy atom. The molecule has 0 N–H and O–H groups in total. The summed E-state index contributed by atoms with van der Waals surface area (Å²) in [6, 6.07) is 1.89. The molecule has 0 saturated heterocycles. The molecule has 4 aliphatic rings. The molecule has 2 heterocycles. The van der Waals surface area contributed by atoms with Crippen molar-refractivity contribution < 1.29 is 23.5 Å². The minimum Gasteiger partial charge on any atom is -0.472 e. The van der Waals surface area contributed by atoms with E-state index in [9.17, 15) is 9.59 Å². The molecule has 180 valence electrons. The lowest BCUT2D eigenvalue weighted by Gasteiger charge is -2.68. The van der Waals surface area contributed by atoms with E-state index in [0.29, 0.717) is 11.8 Å². The van der Waals surface area contributed by atoms with Gasteiger partial charge in [0.2, 0.25) is 0 Å². The average Bonchev–Trinajstić information content (AvgIpc) is 3.24. The molecule has 0 aromatic carbocycles. The topological polar surface area (TPSA) is 65.7 Å². The fourth-order valence-electron chi connectivity index (χ4n) is 8.95. The van der Waals surface area contributed by atoms with Crippen LogP contribution < -0.4 is 0 Å². The molecule has 33 heavy (non-hydrogen) atoms. The lowest BCUT2D eigenvalue weighted by atomic mass is 9.37. The molecule has 3 saturated carbocycles. The third-order valence-corrected chi connectivity index (χ3v) is 10.3. The number of hydrogen-bond donors (Lipinski definition) is 0. The molecule has 7 atom stereocenters. The number of rotatable bonds is 2. The first kappa shape index (κ1) is 22.7. The molecule has 0 unspecified atom stereocenters. The number of furan rings is 1.